The van der Waals surface area contributed by atoms with Crippen LogP contribution in [-0.2, 0) is 4.79 Å². The zero-order valence-electron chi connectivity index (χ0n) is 12.3. The van der Waals surface area contributed by atoms with Gasteiger partial charge in [0.05, 0.1) is 0 Å². The zero-order chi connectivity index (χ0) is 13.2. The van der Waals surface area contributed by atoms with Gasteiger partial charge in [-0.2, -0.15) is 11.8 Å². The number of thioether (sulfide) groups is 1. The molecule has 3 fully saturated rings. The molecule has 0 aromatic carbocycles. The van der Waals surface area contributed by atoms with Crippen molar-refractivity contribution in [3.8, 4) is 0 Å². The van der Waals surface area contributed by atoms with Crippen molar-refractivity contribution in [3.63, 3.8) is 0 Å². The summed E-state index contributed by atoms with van der Waals surface area (Å²) >= 11 is 1.98. The Balaban J connectivity index is 0.00000147. The Bertz CT molecular complexity index is 336. The molecule has 5 heteroatoms. The first kappa shape index (κ1) is 16.4. The summed E-state index contributed by atoms with van der Waals surface area (Å²) in [6.07, 6.45) is 7.22. The third-order valence-corrected chi connectivity index (χ3v) is 6.18. The third-order valence-electron chi connectivity index (χ3n) is 5.05. The summed E-state index contributed by atoms with van der Waals surface area (Å²) in [6, 6.07) is 1.44. The van der Waals surface area contributed by atoms with Crippen molar-refractivity contribution in [2.75, 3.05) is 18.1 Å². The maximum Gasteiger partial charge on any atom is 0.224 e. The molecule has 20 heavy (non-hydrogen) atoms. The number of hydrogen-bond acceptors (Lipinski definition) is 3. The predicted octanol–water partition coefficient (Wildman–Crippen LogP) is 2.68. The van der Waals surface area contributed by atoms with E-state index in [0.717, 1.165) is 18.2 Å². The summed E-state index contributed by atoms with van der Waals surface area (Å²) < 4.78 is 0. The predicted molar refractivity (Wildman–Crippen MR) is 87.7 cm³/mol. The van der Waals surface area contributed by atoms with E-state index in [1.807, 2.05) is 11.8 Å². The Morgan fingerprint density at radius 1 is 1.35 bits per heavy atom. The molecule has 1 N–H and O–H groups in total. The van der Waals surface area contributed by atoms with Crippen molar-refractivity contribution in [2.24, 2.45) is 5.92 Å². The van der Waals surface area contributed by atoms with Crippen LogP contribution in [0, 0.1) is 5.92 Å². The van der Waals surface area contributed by atoms with Gasteiger partial charge in [-0.3, -0.25) is 4.79 Å². The molecule has 1 saturated carbocycles. The molecule has 3 rings (SSSR count). The van der Waals surface area contributed by atoms with Crippen LogP contribution < -0.4 is 5.32 Å². The summed E-state index contributed by atoms with van der Waals surface area (Å²) in [6.45, 7) is 3.31. The molecule has 0 aromatic heterocycles. The van der Waals surface area contributed by atoms with Gasteiger partial charge in [-0.1, -0.05) is 12.8 Å². The van der Waals surface area contributed by atoms with E-state index in [1.165, 1.54) is 37.9 Å². The second-order valence-electron chi connectivity index (χ2n) is 6.43. The van der Waals surface area contributed by atoms with Gasteiger partial charge in [-0.05, 0) is 32.1 Å². The molecular weight excluding hydrogens is 292 g/mol. The Hall–Kier alpha value is 0.0700. The molecule has 0 spiro atoms. The molecule has 4 atom stereocenters. The molecular formula is C15H27ClN2OS. The average molecular weight is 319 g/mol. The second kappa shape index (κ2) is 7.37. The van der Waals surface area contributed by atoms with E-state index in [4.69, 9.17) is 0 Å². The highest BCUT2D eigenvalue weighted by Crippen LogP contribution is 2.39. The number of amides is 1. The first-order chi connectivity index (χ1) is 9.25. The van der Waals surface area contributed by atoms with Gasteiger partial charge in [0, 0.05) is 42.6 Å². The van der Waals surface area contributed by atoms with Gasteiger partial charge < -0.3 is 10.2 Å². The van der Waals surface area contributed by atoms with Crippen LogP contribution in [0.2, 0.25) is 0 Å². The van der Waals surface area contributed by atoms with Crippen LogP contribution in [0.3, 0.4) is 0 Å². The zero-order valence-corrected chi connectivity index (χ0v) is 14.0. The topological polar surface area (TPSA) is 32.3 Å². The minimum atomic E-state index is 0. The first-order valence-electron chi connectivity index (χ1n) is 7.88. The number of nitrogens with zero attached hydrogens (tertiary/aromatic N) is 1. The largest absolute Gasteiger partial charge is 0.337 e. The van der Waals surface area contributed by atoms with Crippen LogP contribution in [0.15, 0.2) is 0 Å². The van der Waals surface area contributed by atoms with Crippen molar-refractivity contribution in [2.45, 2.75) is 63.6 Å². The van der Waals surface area contributed by atoms with E-state index in [-0.39, 0.29) is 12.4 Å². The fourth-order valence-electron chi connectivity index (χ4n) is 4.21. The number of nitrogens with one attached hydrogen (secondary N) is 1. The number of carbonyl (C=O) groups is 1. The van der Waals surface area contributed by atoms with Crippen LogP contribution in [0.1, 0.15) is 45.4 Å². The fraction of sp³-hybridized carbons (Fsp3) is 0.933. The standard InChI is InChI=1S/C15H26N2OS.ClH/c1-11-8-12-4-2-3-5-14(12)17(11)15(18)9-13-10-19-7-6-16-13;/h11-14,16H,2-10H2,1H3;1H. The van der Waals surface area contributed by atoms with Crippen LogP contribution in [-0.4, -0.2) is 47.0 Å². The van der Waals surface area contributed by atoms with Crippen LogP contribution in [0.4, 0.5) is 0 Å². The Morgan fingerprint density at radius 3 is 2.90 bits per heavy atom. The lowest BCUT2D eigenvalue weighted by Gasteiger charge is -2.34. The molecule has 2 heterocycles. The maximum absolute atomic E-state index is 12.7. The third kappa shape index (κ3) is 3.45. The minimum Gasteiger partial charge on any atom is -0.337 e. The highest BCUT2D eigenvalue weighted by molar-refractivity contribution is 7.99. The highest BCUT2D eigenvalue weighted by Gasteiger charge is 2.42. The van der Waals surface area contributed by atoms with Gasteiger partial charge in [0.25, 0.3) is 0 Å². The average Bonchev–Trinajstić information content (AvgIpc) is 2.75. The molecule has 0 aromatic rings. The van der Waals surface area contributed by atoms with E-state index in [9.17, 15) is 4.79 Å². The van der Waals surface area contributed by atoms with Crippen molar-refractivity contribution in [1.82, 2.24) is 10.2 Å². The van der Waals surface area contributed by atoms with Gasteiger partial charge in [-0.15, -0.1) is 12.4 Å². The lowest BCUT2D eigenvalue weighted by molar-refractivity contribution is -0.135. The van der Waals surface area contributed by atoms with Gasteiger partial charge in [-0.25, -0.2) is 0 Å². The van der Waals surface area contributed by atoms with Gasteiger partial charge in [0.1, 0.15) is 0 Å². The molecule has 1 amide bonds. The molecule has 2 saturated heterocycles. The summed E-state index contributed by atoms with van der Waals surface area (Å²) in [5, 5.41) is 3.49. The van der Waals surface area contributed by atoms with E-state index >= 15 is 0 Å². The smallest absolute Gasteiger partial charge is 0.224 e. The Kier molecular flexibility index (Phi) is 6.06. The number of halogens is 1. The number of carbonyl (C=O) groups excluding carboxylic acids is 1. The summed E-state index contributed by atoms with van der Waals surface area (Å²) in [5.74, 6) is 3.49. The van der Waals surface area contributed by atoms with Gasteiger partial charge in [0.2, 0.25) is 5.91 Å². The normalized spacial score (nSPS) is 37.1. The molecule has 4 unspecified atom stereocenters. The van der Waals surface area contributed by atoms with E-state index in [1.54, 1.807) is 0 Å². The number of fused-ring (bicyclic) bond motifs is 1. The maximum atomic E-state index is 12.7. The summed E-state index contributed by atoms with van der Waals surface area (Å²) in [4.78, 5) is 14.9. The Labute approximate surface area is 133 Å². The lowest BCUT2D eigenvalue weighted by atomic mass is 9.85. The molecule has 0 bridgehead atoms. The van der Waals surface area contributed by atoms with E-state index in [0.29, 0.717) is 30.5 Å². The Morgan fingerprint density at radius 2 is 2.15 bits per heavy atom. The van der Waals surface area contributed by atoms with Crippen LogP contribution >= 0.6 is 24.2 Å². The molecule has 3 aliphatic rings. The van der Waals surface area contributed by atoms with Crippen LogP contribution in [0.25, 0.3) is 0 Å². The fourth-order valence-corrected chi connectivity index (χ4v) is 5.15. The van der Waals surface area contributed by atoms with Gasteiger partial charge >= 0.3 is 0 Å². The highest BCUT2D eigenvalue weighted by atomic mass is 35.5. The van der Waals surface area contributed by atoms with Crippen molar-refractivity contribution >= 4 is 30.1 Å². The summed E-state index contributed by atoms with van der Waals surface area (Å²) in [5.41, 5.74) is 0. The molecule has 3 nitrogen and oxygen atoms in total. The molecule has 2 aliphatic heterocycles. The van der Waals surface area contributed by atoms with Crippen LogP contribution in [0.5, 0.6) is 0 Å². The molecule has 1 aliphatic carbocycles. The second-order valence-corrected chi connectivity index (χ2v) is 7.58. The number of rotatable bonds is 2. The van der Waals surface area contributed by atoms with Crippen molar-refractivity contribution < 1.29 is 4.79 Å². The monoisotopic (exact) mass is 318 g/mol. The first-order valence-corrected chi connectivity index (χ1v) is 9.03. The lowest BCUT2D eigenvalue weighted by Crippen LogP contribution is -2.47. The number of likely N-dealkylation sites (tertiary alicyclic amines) is 1. The van der Waals surface area contributed by atoms with Crippen molar-refractivity contribution in [3.05, 3.63) is 0 Å². The minimum absolute atomic E-state index is 0. The molecule has 0 radical (unpaired) electrons. The van der Waals surface area contributed by atoms with Gasteiger partial charge in [0.15, 0.2) is 0 Å². The quantitative estimate of drug-likeness (QED) is 0.849. The molecule has 116 valence electrons. The summed E-state index contributed by atoms with van der Waals surface area (Å²) in [7, 11) is 0. The SMILES string of the molecule is CC1CC2CCCCC2N1C(=O)CC1CSCCN1.Cl. The van der Waals surface area contributed by atoms with E-state index in [2.05, 4.69) is 17.1 Å². The van der Waals surface area contributed by atoms with E-state index < -0.39 is 0 Å². The van der Waals surface area contributed by atoms with Crippen molar-refractivity contribution in [1.29, 1.82) is 0 Å². The number of hydrogen-bond donors (Lipinski definition) is 1.